The van der Waals surface area contributed by atoms with Crippen LogP contribution in [0.5, 0.6) is 0 Å². The average molecular weight is 339 g/mol. The Bertz CT molecular complexity index is 701. The highest BCUT2D eigenvalue weighted by molar-refractivity contribution is 5.78. The van der Waals surface area contributed by atoms with E-state index in [2.05, 4.69) is 14.8 Å². The number of carbonyl (C=O) groups excluding carboxylic acids is 1. The van der Waals surface area contributed by atoms with Crippen LogP contribution in [0.2, 0.25) is 0 Å². The van der Waals surface area contributed by atoms with Crippen molar-refractivity contribution in [3.8, 4) is 0 Å². The molecule has 2 aliphatic heterocycles. The SMILES string of the molecule is O=C(Cc1cccnc1)N1CCC[C@@]2(CCN(Cc3ccco3)C2)C1. The number of hydrogen-bond donors (Lipinski definition) is 0. The second-order valence-corrected chi connectivity index (χ2v) is 7.50. The normalized spacial score (nSPS) is 24.1. The van der Waals surface area contributed by atoms with E-state index >= 15 is 0 Å². The van der Waals surface area contributed by atoms with E-state index in [4.69, 9.17) is 4.42 Å². The fourth-order valence-electron chi connectivity index (χ4n) is 4.33. The Morgan fingerprint density at radius 3 is 2.96 bits per heavy atom. The Hall–Kier alpha value is -2.14. The van der Waals surface area contributed by atoms with Crippen molar-refractivity contribution in [3.63, 3.8) is 0 Å². The number of aromatic nitrogens is 1. The predicted octanol–water partition coefficient (Wildman–Crippen LogP) is 2.73. The van der Waals surface area contributed by atoms with Crippen LogP contribution >= 0.6 is 0 Å². The molecule has 0 radical (unpaired) electrons. The van der Waals surface area contributed by atoms with Gasteiger partial charge in [-0.2, -0.15) is 0 Å². The standard InChI is InChI=1S/C20H25N3O2/c24-19(12-17-4-1-8-21-13-17)23-9-3-6-20(16-23)7-10-22(15-20)14-18-5-2-11-25-18/h1-2,4-5,8,11,13H,3,6-7,9-10,12,14-16H2/t20-/m0/s1. The third-order valence-corrected chi connectivity index (χ3v) is 5.57. The molecule has 1 atom stereocenters. The van der Waals surface area contributed by atoms with Gasteiger partial charge in [-0.3, -0.25) is 14.7 Å². The van der Waals surface area contributed by atoms with Crippen LogP contribution in [0.25, 0.3) is 0 Å². The van der Waals surface area contributed by atoms with Crippen LogP contribution in [0.15, 0.2) is 47.3 Å². The molecule has 0 aromatic carbocycles. The maximum absolute atomic E-state index is 12.7. The van der Waals surface area contributed by atoms with Crippen LogP contribution in [0.3, 0.4) is 0 Å². The smallest absolute Gasteiger partial charge is 0.227 e. The topological polar surface area (TPSA) is 49.6 Å². The van der Waals surface area contributed by atoms with Gasteiger partial charge in [-0.05, 0) is 49.6 Å². The minimum absolute atomic E-state index is 0.233. The summed E-state index contributed by atoms with van der Waals surface area (Å²) in [6.45, 7) is 4.80. The van der Waals surface area contributed by atoms with Crippen molar-refractivity contribution in [2.45, 2.75) is 32.2 Å². The molecule has 0 bridgehead atoms. The molecule has 2 aromatic heterocycles. The second-order valence-electron chi connectivity index (χ2n) is 7.50. The number of furan rings is 1. The molecule has 0 unspecified atom stereocenters. The zero-order valence-corrected chi connectivity index (χ0v) is 14.6. The van der Waals surface area contributed by atoms with E-state index in [1.54, 1.807) is 18.7 Å². The van der Waals surface area contributed by atoms with Crippen molar-refractivity contribution in [1.82, 2.24) is 14.8 Å². The van der Waals surface area contributed by atoms with Gasteiger partial charge in [-0.1, -0.05) is 6.07 Å². The van der Waals surface area contributed by atoms with Gasteiger partial charge in [-0.15, -0.1) is 0 Å². The summed E-state index contributed by atoms with van der Waals surface area (Å²) in [5, 5.41) is 0. The van der Waals surface area contributed by atoms with Gasteiger partial charge in [-0.25, -0.2) is 0 Å². The van der Waals surface area contributed by atoms with Crippen LogP contribution in [-0.4, -0.2) is 46.9 Å². The van der Waals surface area contributed by atoms with Crippen molar-refractivity contribution < 1.29 is 9.21 Å². The number of amides is 1. The minimum Gasteiger partial charge on any atom is -0.468 e. The highest BCUT2D eigenvalue weighted by Crippen LogP contribution is 2.39. The van der Waals surface area contributed by atoms with Gasteiger partial charge in [0, 0.05) is 37.4 Å². The molecular weight excluding hydrogens is 314 g/mol. The van der Waals surface area contributed by atoms with Crippen LogP contribution in [0.1, 0.15) is 30.6 Å². The number of carbonyl (C=O) groups is 1. The second kappa shape index (κ2) is 7.00. The summed E-state index contributed by atoms with van der Waals surface area (Å²) in [6, 6.07) is 7.85. The molecular formula is C20H25N3O2. The summed E-state index contributed by atoms with van der Waals surface area (Å²) in [6.07, 6.45) is 9.23. The quantitative estimate of drug-likeness (QED) is 0.859. The molecule has 0 N–H and O–H groups in total. The third kappa shape index (κ3) is 3.76. The summed E-state index contributed by atoms with van der Waals surface area (Å²) in [4.78, 5) is 21.4. The molecule has 2 saturated heterocycles. The van der Waals surface area contributed by atoms with Crippen LogP contribution in [0.4, 0.5) is 0 Å². The Morgan fingerprint density at radius 1 is 1.20 bits per heavy atom. The highest BCUT2D eigenvalue weighted by Gasteiger charge is 2.42. The fraction of sp³-hybridized carbons (Fsp3) is 0.500. The van der Waals surface area contributed by atoms with Gasteiger partial charge < -0.3 is 9.32 Å². The summed E-state index contributed by atoms with van der Waals surface area (Å²) in [7, 11) is 0. The summed E-state index contributed by atoms with van der Waals surface area (Å²) in [5.41, 5.74) is 1.26. The molecule has 2 aromatic rings. The summed E-state index contributed by atoms with van der Waals surface area (Å²) >= 11 is 0. The first-order valence-electron chi connectivity index (χ1n) is 9.14. The van der Waals surface area contributed by atoms with Crippen molar-refractivity contribution in [3.05, 3.63) is 54.2 Å². The van der Waals surface area contributed by atoms with E-state index in [1.807, 2.05) is 24.3 Å². The molecule has 5 heteroatoms. The number of likely N-dealkylation sites (tertiary alicyclic amines) is 2. The minimum atomic E-state index is 0.233. The van der Waals surface area contributed by atoms with Gasteiger partial charge in [0.05, 0.1) is 19.2 Å². The van der Waals surface area contributed by atoms with E-state index < -0.39 is 0 Å². The van der Waals surface area contributed by atoms with Crippen LogP contribution in [0, 0.1) is 5.41 Å². The Labute approximate surface area is 148 Å². The van der Waals surface area contributed by atoms with Gasteiger partial charge in [0.1, 0.15) is 5.76 Å². The zero-order valence-electron chi connectivity index (χ0n) is 14.6. The molecule has 0 saturated carbocycles. The highest BCUT2D eigenvalue weighted by atomic mass is 16.3. The molecule has 1 amide bonds. The molecule has 2 fully saturated rings. The lowest BCUT2D eigenvalue weighted by atomic mass is 9.79. The number of piperidine rings is 1. The number of hydrogen-bond acceptors (Lipinski definition) is 4. The van der Waals surface area contributed by atoms with E-state index in [0.29, 0.717) is 6.42 Å². The Kier molecular flexibility index (Phi) is 4.57. The van der Waals surface area contributed by atoms with Gasteiger partial charge in [0.15, 0.2) is 0 Å². The lowest BCUT2D eigenvalue weighted by Gasteiger charge is -2.40. The molecule has 4 rings (SSSR count). The van der Waals surface area contributed by atoms with Crippen molar-refractivity contribution in [2.75, 3.05) is 26.2 Å². The van der Waals surface area contributed by atoms with Crippen molar-refractivity contribution in [1.29, 1.82) is 0 Å². The van der Waals surface area contributed by atoms with E-state index in [0.717, 1.165) is 50.5 Å². The van der Waals surface area contributed by atoms with E-state index in [1.165, 1.54) is 12.8 Å². The zero-order chi connectivity index (χ0) is 17.1. The lowest BCUT2D eigenvalue weighted by Crippen LogP contribution is -2.47. The summed E-state index contributed by atoms with van der Waals surface area (Å²) in [5.74, 6) is 1.26. The maximum Gasteiger partial charge on any atom is 0.227 e. The molecule has 132 valence electrons. The van der Waals surface area contributed by atoms with Gasteiger partial charge in [0.2, 0.25) is 5.91 Å². The molecule has 1 spiro atoms. The lowest BCUT2D eigenvalue weighted by molar-refractivity contribution is -0.133. The van der Waals surface area contributed by atoms with Gasteiger partial charge in [0.25, 0.3) is 0 Å². The van der Waals surface area contributed by atoms with Gasteiger partial charge >= 0.3 is 0 Å². The molecule has 4 heterocycles. The predicted molar refractivity (Wildman–Crippen MR) is 94.8 cm³/mol. The molecule has 2 aliphatic rings. The first-order chi connectivity index (χ1) is 12.2. The number of pyridine rings is 1. The fourth-order valence-corrected chi connectivity index (χ4v) is 4.33. The third-order valence-electron chi connectivity index (χ3n) is 5.57. The number of rotatable bonds is 4. The molecule has 0 aliphatic carbocycles. The molecule has 25 heavy (non-hydrogen) atoms. The number of nitrogens with zero attached hydrogens (tertiary/aromatic N) is 3. The van der Waals surface area contributed by atoms with E-state index in [-0.39, 0.29) is 11.3 Å². The average Bonchev–Trinajstić information content (AvgIpc) is 3.27. The Morgan fingerprint density at radius 2 is 2.16 bits per heavy atom. The van der Waals surface area contributed by atoms with Crippen molar-refractivity contribution >= 4 is 5.91 Å². The van der Waals surface area contributed by atoms with Crippen molar-refractivity contribution in [2.24, 2.45) is 5.41 Å². The maximum atomic E-state index is 12.7. The largest absolute Gasteiger partial charge is 0.468 e. The summed E-state index contributed by atoms with van der Waals surface area (Å²) < 4.78 is 5.48. The molecule has 5 nitrogen and oxygen atoms in total. The van der Waals surface area contributed by atoms with Crippen LogP contribution in [-0.2, 0) is 17.8 Å². The van der Waals surface area contributed by atoms with E-state index in [9.17, 15) is 4.79 Å². The first kappa shape index (κ1) is 16.3. The first-order valence-corrected chi connectivity index (χ1v) is 9.14. The monoisotopic (exact) mass is 339 g/mol. The van der Waals surface area contributed by atoms with Crippen LogP contribution < -0.4 is 0 Å². The Balaban J connectivity index is 1.36.